The lowest BCUT2D eigenvalue weighted by molar-refractivity contribution is 0.244. The quantitative estimate of drug-likeness (QED) is 0.506. The third-order valence-electron chi connectivity index (χ3n) is 3.22. The highest BCUT2D eigenvalue weighted by Gasteiger charge is 2.26. The zero-order valence-corrected chi connectivity index (χ0v) is 10.1. The van der Waals surface area contributed by atoms with Crippen LogP contribution in [0.2, 0.25) is 0 Å². The lowest BCUT2D eigenvalue weighted by Crippen LogP contribution is -2.43. The van der Waals surface area contributed by atoms with E-state index in [1.165, 1.54) is 19.3 Å². The number of likely N-dealkylation sites (tertiary alicyclic amines) is 1. The van der Waals surface area contributed by atoms with Crippen molar-refractivity contribution in [1.29, 1.82) is 5.41 Å². The first-order valence-corrected chi connectivity index (χ1v) is 5.79. The lowest BCUT2D eigenvalue weighted by atomic mass is 9.90. The van der Waals surface area contributed by atoms with Crippen LogP contribution in [-0.2, 0) is 0 Å². The zero-order valence-electron chi connectivity index (χ0n) is 10.1. The molecule has 82 valence electrons. The molecule has 1 rings (SSSR count). The summed E-state index contributed by atoms with van der Waals surface area (Å²) >= 11 is 0. The summed E-state index contributed by atoms with van der Waals surface area (Å²) in [5, 5.41) is 8.08. The summed E-state index contributed by atoms with van der Waals surface area (Å²) < 4.78 is 0. The van der Waals surface area contributed by atoms with Crippen LogP contribution in [0.5, 0.6) is 0 Å². The van der Waals surface area contributed by atoms with Gasteiger partial charge in [0.15, 0.2) is 0 Å². The third-order valence-corrected chi connectivity index (χ3v) is 3.22. The minimum absolute atomic E-state index is 0.0129. The minimum Gasteiger partial charge on any atom is -0.360 e. The summed E-state index contributed by atoms with van der Waals surface area (Å²) in [5.74, 6) is 1.71. The fourth-order valence-electron chi connectivity index (χ4n) is 2.04. The molecule has 0 amide bonds. The Labute approximate surface area is 88.2 Å². The van der Waals surface area contributed by atoms with Crippen LogP contribution < -0.4 is 0 Å². The Balaban J connectivity index is 2.46. The molecule has 0 spiro atoms. The van der Waals surface area contributed by atoms with Gasteiger partial charge in [0.2, 0.25) is 0 Å². The first-order valence-electron chi connectivity index (χ1n) is 5.79. The van der Waals surface area contributed by atoms with Crippen molar-refractivity contribution in [3.8, 4) is 0 Å². The predicted octanol–water partition coefficient (Wildman–Crippen LogP) is 3.13. The summed E-state index contributed by atoms with van der Waals surface area (Å²) in [7, 11) is 0. The molecule has 0 atom stereocenters. The van der Waals surface area contributed by atoms with Gasteiger partial charge in [-0.15, -0.1) is 0 Å². The van der Waals surface area contributed by atoms with Crippen molar-refractivity contribution in [1.82, 2.24) is 4.90 Å². The van der Waals surface area contributed by atoms with Crippen LogP contribution in [-0.4, -0.2) is 23.8 Å². The second-order valence-electron chi connectivity index (χ2n) is 5.44. The first kappa shape index (κ1) is 11.5. The largest absolute Gasteiger partial charge is 0.360 e. The fraction of sp³-hybridized carbons (Fsp3) is 0.917. The average molecular weight is 196 g/mol. The molecule has 1 N–H and O–H groups in total. The van der Waals surface area contributed by atoms with Gasteiger partial charge in [-0.25, -0.2) is 0 Å². The highest BCUT2D eigenvalue weighted by Crippen LogP contribution is 2.24. The third kappa shape index (κ3) is 2.73. The molecule has 1 fully saturated rings. The molecule has 0 aromatic carbocycles. The Hall–Kier alpha value is -0.530. The van der Waals surface area contributed by atoms with E-state index < -0.39 is 0 Å². The highest BCUT2D eigenvalue weighted by molar-refractivity contribution is 5.84. The maximum atomic E-state index is 8.08. The number of hydrogen-bond acceptors (Lipinski definition) is 1. The molecule has 1 aliphatic heterocycles. The van der Waals surface area contributed by atoms with E-state index in [-0.39, 0.29) is 5.41 Å². The van der Waals surface area contributed by atoms with Gasteiger partial charge >= 0.3 is 0 Å². The van der Waals surface area contributed by atoms with Crippen molar-refractivity contribution < 1.29 is 0 Å². The molecule has 0 radical (unpaired) electrons. The van der Waals surface area contributed by atoms with E-state index in [0.29, 0.717) is 0 Å². The van der Waals surface area contributed by atoms with E-state index in [1.807, 2.05) is 0 Å². The Bertz CT molecular complexity index is 195. The summed E-state index contributed by atoms with van der Waals surface area (Å²) in [5.41, 5.74) is 0.0129. The van der Waals surface area contributed by atoms with Gasteiger partial charge in [-0.1, -0.05) is 34.1 Å². The van der Waals surface area contributed by atoms with Crippen LogP contribution in [0, 0.1) is 16.7 Å². The van der Waals surface area contributed by atoms with Crippen LogP contribution in [0.4, 0.5) is 0 Å². The second kappa shape index (κ2) is 4.33. The van der Waals surface area contributed by atoms with Gasteiger partial charge in [0, 0.05) is 18.5 Å². The topological polar surface area (TPSA) is 27.1 Å². The molecule has 0 aliphatic carbocycles. The molecular formula is C12H24N2. The monoisotopic (exact) mass is 196 g/mol. The van der Waals surface area contributed by atoms with Crippen LogP contribution >= 0.6 is 0 Å². The normalized spacial score (nSPS) is 19.9. The van der Waals surface area contributed by atoms with Crippen molar-refractivity contribution in [2.75, 3.05) is 13.1 Å². The van der Waals surface area contributed by atoms with Gasteiger partial charge in [0.1, 0.15) is 5.84 Å². The maximum Gasteiger partial charge on any atom is 0.101 e. The number of amidine groups is 1. The predicted molar refractivity (Wildman–Crippen MR) is 61.8 cm³/mol. The van der Waals surface area contributed by atoms with E-state index in [9.17, 15) is 0 Å². The van der Waals surface area contributed by atoms with Crippen molar-refractivity contribution >= 4 is 5.84 Å². The Morgan fingerprint density at radius 3 is 2.14 bits per heavy atom. The minimum atomic E-state index is 0.0129. The van der Waals surface area contributed by atoms with Crippen LogP contribution in [0.3, 0.4) is 0 Å². The van der Waals surface area contributed by atoms with Crippen LogP contribution in [0.1, 0.15) is 47.0 Å². The summed E-state index contributed by atoms with van der Waals surface area (Å²) in [4.78, 5) is 2.26. The van der Waals surface area contributed by atoms with E-state index >= 15 is 0 Å². The van der Waals surface area contributed by atoms with Gasteiger partial charge < -0.3 is 4.90 Å². The molecule has 14 heavy (non-hydrogen) atoms. The summed E-state index contributed by atoms with van der Waals surface area (Å²) in [6.45, 7) is 10.8. The van der Waals surface area contributed by atoms with Crippen molar-refractivity contribution in [3.63, 3.8) is 0 Å². The molecular weight excluding hydrogens is 172 g/mol. The van der Waals surface area contributed by atoms with Gasteiger partial charge in [-0.3, -0.25) is 5.41 Å². The number of nitrogens with zero attached hydrogens (tertiary/aromatic N) is 1. The molecule has 0 aromatic rings. The van der Waals surface area contributed by atoms with E-state index in [2.05, 4.69) is 32.6 Å². The maximum absolute atomic E-state index is 8.08. The highest BCUT2D eigenvalue weighted by atomic mass is 15.2. The Morgan fingerprint density at radius 2 is 1.79 bits per heavy atom. The average Bonchev–Trinajstić information content (AvgIpc) is 2.15. The molecule has 1 heterocycles. The fourth-order valence-corrected chi connectivity index (χ4v) is 2.04. The van der Waals surface area contributed by atoms with E-state index in [4.69, 9.17) is 5.41 Å². The Morgan fingerprint density at radius 1 is 1.29 bits per heavy atom. The van der Waals surface area contributed by atoms with E-state index in [1.54, 1.807) is 0 Å². The molecule has 2 nitrogen and oxygen atoms in total. The second-order valence-corrected chi connectivity index (χ2v) is 5.44. The molecule has 0 aromatic heterocycles. The molecule has 0 unspecified atom stereocenters. The van der Waals surface area contributed by atoms with Gasteiger partial charge in [-0.05, 0) is 18.8 Å². The van der Waals surface area contributed by atoms with Gasteiger partial charge in [-0.2, -0.15) is 0 Å². The molecule has 2 heteroatoms. The van der Waals surface area contributed by atoms with Gasteiger partial charge in [0.25, 0.3) is 0 Å². The van der Waals surface area contributed by atoms with Crippen LogP contribution in [0.25, 0.3) is 0 Å². The number of nitrogens with one attached hydrogen (secondary N) is 1. The lowest BCUT2D eigenvalue weighted by Gasteiger charge is -2.37. The number of hydrogen-bond donors (Lipinski definition) is 1. The van der Waals surface area contributed by atoms with Crippen molar-refractivity contribution in [3.05, 3.63) is 0 Å². The molecule has 1 saturated heterocycles. The van der Waals surface area contributed by atoms with Crippen LogP contribution in [0.15, 0.2) is 0 Å². The number of piperidine rings is 1. The molecule has 0 bridgehead atoms. The van der Waals surface area contributed by atoms with Gasteiger partial charge in [0.05, 0.1) is 0 Å². The SMILES string of the molecule is CCC1CCN(C(=N)C(C)(C)C)CC1. The summed E-state index contributed by atoms with van der Waals surface area (Å²) in [6, 6.07) is 0. The zero-order chi connectivity index (χ0) is 10.8. The first-order chi connectivity index (χ1) is 6.45. The Kier molecular flexibility index (Phi) is 3.57. The smallest absolute Gasteiger partial charge is 0.101 e. The summed E-state index contributed by atoms with van der Waals surface area (Å²) in [6.07, 6.45) is 3.85. The molecule has 0 saturated carbocycles. The van der Waals surface area contributed by atoms with E-state index in [0.717, 1.165) is 24.8 Å². The number of rotatable bonds is 1. The van der Waals surface area contributed by atoms with Crippen molar-refractivity contribution in [2.45, 2.75) is 47.0 Å². The standard InChI is InChI=1S/C12H24N2/c1-5-10-6-8-14(9-7-10)11(13)12(2,3)4/h10,13H,5-9H2,1-4H3. The molecule has 1 aliphatic rings. The van der Waals surface area contributed by atoms with Crippen molar-refractivity contribution in [2.24, 2.45) is 11.3 Å².